The summed E-state index contributed by atoms with van der Waals surface area (Å²) in [6.07, 6.45) is 1.14. The normalized spacial score (nSPS) is 12.2. The summed E-state index contributed by atoms with van der Waals surface area (Å²) in [6.45, 7) is 2.02. The van der Waals surface area contributed by atoms with Gasteiger partial charge in [-0.2, -0.15) is 12.6 Å². The van der Waals surface area contributed by atoms with Crippen LogP contribution in [0.25, 0.3) is 0 Å². The summed E-state index contributed by atoms with van der Waals surface area (Å²) in [6, 6.07) is 0. The molecular weight excluding hydrogens is 380 g/mol. The number of carbonyl (C=O) groups is 2. The lowest BCUT2D eigenvalue weighted by Gasteiger charge is -2.28. The summed E-state index contributed by atoms with van der Waals surface area (Å²) in [7, 11) is 5.12. The summed E-state index contributed by atoms with van der Waals surface area (Å²) < 4.78 is 15.6. The lowest BCUT2D eigenvalue weighted by Crippen LogP contribution is -2.51. The molecule has 11 heteroatoms. The van der Waals surface area contributed by atoms with Crippen molar-refractivity contribution in [2.75, 3.05) is 32.8 Å². The molecule has 7 nitrogen and oxygen atoms in total. The molecule has 0 fully saturated rings. The van der Waals surface area contributed by atoms with E-state index in [0.29, 0.717) is 11.5 Å². The number of carboxylic acid groups (broad SMARTS) is 2. The molecule has 0 radical (unpaired) electrons. The molecule has 0 aliphatic rings. The Bertz CT molecular complexity index is 304. The van der Waals surface area contributed by atoms with Crippen molar-refractivity contribution >= 4 is 55.0 Å². The molecule has 138 valence electrons. The van der Waals surface area contributed by atoms with Crippen LogP contribution in [0, 0.1) is 0 Å². The molecule has 0 saturated heterocycles. The Morgan fingerprint density at radius 2 is 1.35 bits per heavy atom. The second-order valence-electron chi connectivity index (χ2n) is 4.07. The molecule has 23 heavy (non-hydrogen) atoms. The van der Waals surface area contributed by atoms with Gasteiger partial charge in [-0.25, -0.2) is 0 Å². The first-order chi connectivity index (χ1) is 10.8. The van der Waals surface area contributed by atoms with E-state index in [0.717, 1.165) is 6.42 Å². The smallest absolute Gasteiger partial charge is 0.481 e. The van der Waals surface area contributed by atoms with Crippen LogP contribution in [0.2, 0.25) is 0 Å². The van der Waals surface area contributed by atoms with E-state index in [2.05, 4.69) is 12.6 Å². The maximum atomic E-state index is 10.0. The lowest BCUT2D eigenvalue weighted by molar-refractivity contribution is -0.137. The van der Waals surface area contributed by atoms with Gasteiger partial charge in [0.1, 0.15) is 0 Å². The van der Waals surface area contributed by atoms with E-state index >= 15 is 0 Å². The summed E-state index contributed by atoms with van der Waals surface area (Å²) in [5, 5.41) is 16.5. The highest BCUT2D eigenvalue weighted by molar-refractivity contribution is 8.76. The second-order valence-corrected chi connectivity index (χ2v) is 11.0. The van der Waals surface area contributed by atoms with Crippen LogP contribution in [0.1, 0.15) is 26.2 Å². The van der Waals surface area contributed by atoms with Crippen molar-refractivity contribution in [3.05, 3.63) is 0 Å². The standard InChI is InChI=1S/C6H10O4S2.C6H16O3SSi/c7-5(8)1-3-11-12-4-2-6(9)10;1-5-6(10)11(7-2,8-3)9-4/h1-4H2,(H,7,8)(H,9,10);6,10H,5H2,1-4H3. The van der Waals surface area contributed by atoms with Crippen molar-refractivity contribution < 1.29 is 33.1 Å². The third kappa shape index (κ3) is 13.1. The Morgan fingerprint density at radius 1 is 1.00 bits per heavy atom. The van der Waals surface area contributed by atoms with E-state index in [1.165, 1.54) is 21.6 Å². The molecule has 0 saturated carbocycles. The molecule has 0 rings (SSSR count). The Hall–Kier alpha value is 0.0869. The zero-order chi connectivity index (χ0) is 18.3. The Balaban J connectivity index is 0. The molecule has 0 aliphatic heterocycles. The van der Waals surface area contributed by atoms with E-state index in [9.17, 15) is 9.59 Å². The first kappa shape index (κ1) is 25.3. The van der Waals surface area contributed by atoms with E-state index in [4.69, 9.17) is 23.5 Å². The van der Waals surface area contributed by atoms with Gasteiger partial charge in [-0.3, -0.25) is 9.59 Å². The summed E-state index contributed by atoms with van der Waals surface area (Å²) in [5.41, 5.74) is 0. The van der Waals surface area contributed by atoms with Gasteiger partial charge in [0, 0.05) is 32.8 Å². The maximum Gasteiger partial charge on any atom is 0.513 e. The number of carboxylic acids is 2. The van der Waals surface area contributed by atoms with Crippen LogP contribution in [0.4, 0.5) is 0 Å². The van der Waals surface area contributed by atoms with Crippen LogP contribution in [-0.2, 0) is 22.9 Å². The quantitative estimate of drug-likeness (QED) is 0.195. The van der Waals surface area contributed by atoms with Crippen LogP contribution < -0.4 is 0 Å². The average Bonchev–Trinajstić information content (AvgIpc) is 2.52. The van der Waals surface area contributed by atoms with E-state index in [-0.39, 0.29) is 17.7 Å². The highest BCUT2D eigenvalue weighted by Crippen LogP contribution is 2.22. The Kier molecular flexibility index (Phi) is 17.2. The first-order valence-electron chi connectivity index (χ1n) is 6.81. The van der Waals surface area contributed by atoms with Gasteiger partial charge < -0.3 is 23.5 Å². The third-order valence-corrected chi connectivity index (χ3v) is 9.18. The molecule has 0 spiro atoms. The van der Waals surface area contributed by atoms with Gasteiger partial charge >= 0.3 is 20.7 Å². The van der Waals surface area contributed by atoms with Gasteiger partial charge in [-0.15, -0.1) is 0 Å². The molecule has 0 aromatic rings. The highest BCUT2D eigenvalue weighted by Gasteiger charge is 2.44. The average molecular weight is 407 g/mol. The first-order valence-corrected chi connectivity index (χ1v) is 11.6. The lowest BCUT2D eigenvalue weighted by atomic mass is 10.5. The minimum absolute atomic E-state index is 0.0579. The van der Waals surface area contributed by atoms with Crippen LogP contribution in [0.3, 0.4) is 0 Å². The minimum Gasteiger partial charge on any atom is -0.481 e. The molecule has 1 atom stereocenters. The molecule has 2 N–H and O–H groups in total. The number of rotatable bonds is 12. The van der Waals surface area contributed by atoms with Crippen LogP contribution in [0.15, 0.2) is 0 Å². The Morgan fingerprint density at radius 3 is 1.52 bits per heavy atom. The van der Waals surface area contributed by atoms with Crippen LogP contribution >= 0.6 is 34.2 Å². The van der Waals surface area contributed by atoms with E-state index < -0.39 is 20.7 Å². The van der Waals surface area contributed by atoms with Gasteiger partial charge in [0.15, 0.2) is 0 Å². The number of hydrogen-bond donors (Lipinski definition) is 3. The largest absolute Gasteiger partial charge is 0.513 e. The molecule has 1 unspecified atom stereocenters. The van der Waals surface area contributed by atoms with Crippen molar-refractivity contribution in [2.24, 2.45) is 0 Å². The van der Waals surface area contributed by atoms with Gasteiger partial charge in [0.25, 0.3) is 0 Å². The fraction of sp³-hybridized carbons (Fsp3) is 0.833. The molecular formula is C12H26O7S3Si. The zero-order valence-electron chi connectivity index (χ0n) is 13.8. The van der Waals surface area contributed by atoms with Crippen molar-refractivity contribution in [1.29, 1.82) is 0 Å². The molecule has 0 aromatic carbocycles. The molecule has 0 bridgehead atoms. The molecule has 0 aliphatic carbocycles. The van der Waals surface area contributed by atoms with Crippen LogP contribution in [0.5, 0.6) is 0 Å². The SMILES string of the molecule is CCC(S)[Si](OC)(OC)OC.O=C(O)CCSSCCC(=O)O. The van der Waals surface area contributed by atoms with Crippen molar-refractivity contribution in [3.63, 3.8) is 0 Å². The summed E-state index contributed by atoms with van der Waals surface area (Å²) in [4.78, 5) is 20.1. The minimum atomic E-state index is -2.46. The van der Waals surface area contributed by atoms with Gasteiger partial charge in [0.05, 0.1) is 17.7 Å². The fourth-order valence-electron chi connectivity index (χ4n) is 1.28. The predicted molar refractivity (Wildman–Crippen MR) is 99.3 cm³/mol. The van der Waals surface area contributed by atoms with Crippen molar-refractivity contribution in [2.45, 2.75) is 31.1 Å². The molecule has 0 heterocycles. The van der Waals surface area contributed by atoms with Crippen LogP contribution in [-0.4, -0.2) is 68.7 Å². The van der Waals surface area contributed by atoms with Crippen molar-refractivity contribution in [1.82, 2.24) is 0 Å². The van der Waals surface area contributed by atoms with Gasteiger partial charge in [-0.1, -0.05) is 28.5 Å². The fourth-order valence-corrected chi connectivity index (χ4v) is 6.01. The summed E-state index contributed by atoms with van der Waals surface area (Å²) in [5.74, 6) is -0.582. The second kappa shape index (κ2) is 15.6. The molecule has 0 amide bonds. The monoisotopic (exact) mass is 406 g/mol. The Labute approximate surface area is 152 Å². The van der Waals surface area contributed by atoms with Gasteiger partial charge in [-0.05, 0) is 6.42 Å². The maximum absolute atomic E-state index is 10.0. The van der Waals surface area contributed by atoms with E-state index in [1.807, 2.05) is 6.92 Å². The molecule has 0 aromatic heterocycles. The number of aliphatic carboxylic acids is 2. The van der Waals surface area contributed by atoms with E-state index in [1.54, 1.807) is 21.3 Å². The van der Waals surface area contributed by atoms with Crippen molar-refractivity contribution in [3.8, 4) is 0 Å². The van der Waals surface area contributed by atoms with Gasteiger partial charge in [0.2, 0.25) is 0 Å². The predicted octanol–water partition coefficient (Wildman–Crippen LogP) is 2.43. The highest BCUT2D eigenvalue weighted by atomic mass is 33.1. The topological polar surface area (TPSA) is 102 Å². The summed E-state index contributed by atoms with van der Waals surface area (Å²) >= 11 is 4.34. The zero-order valence-corrected chi connectivity index (χ0v) is 17.3. The third-order valence-electron chi connectivity index (χ3n) is 2.53. The number of thiol groups is 1. The number of hydrogen-bond acceptors (Lipinski definition) is 8.